The molecule has 3 rings (SSSR count). The smallest absolute Gasteiger partial charge is 0.221 e. The molecular weight excluding hydrogens is 214 g/mol. The predicted molar refractivity (Wildman–Crippen MR) is 66.8 cm³/mol. The van der Waals surface area contributed by atoms with Crippen molar-refractivity contribution in [1.29, 1.82) is 0 Å². The van der Waals surface area contributed by atoms with Crippen LogP contribution in [-0.2, 0) is 4.79 Å². The lowest BCUT2D eigenvalue weighted by atomic mass is 10.2. The van der Waals surface area contributed by atoms with Crippen LogP contribution in [0.1, 0.15) is 38.5 Å². The van der Waals surface area contributed by atoms with Gasteiger partial charge in [0.1, 0.15) is 0 Å². The predicted octanol–water partition coefficient (Wildman–Crippen LogP) is 0.481. The molecule has 0 spiro atoms. The number of amides is 1. The van der Waals surface area contributed by atoms with Gasteiger partial charge in [0.2, 0.25) is 5.91 Å². The highest BCUT2D eigenvalue weighted by atomic mass is 16.1. The minimum Gasteiger partial charge on any atom is -0.352 e. The van der Waals surface area contributed by atoms with E-state index in [1.807, 2.05) is 0 Å². The van der Waals surface area contributed by atoms with Crippen LogP contribution in [0, 0.1) is 0 Å². The fourth-order valence-corrected chi connectivity index (χ4v) is 2.65. The molecule has 0 aromatic heterocycles. The van der Waals surface area contributed by atoms with Crippen LogP contribution in [0.4, 0.5) is 0 Å². The van der Waals surface area contributed by atoms with Gasteiger partial charge in [-0.25, -0.2) is 0 Å². The van der Waals surface area contributed by atoms with E-state index in [1.54, 1.807) is 0 Å². The first-order valence-electron chi connectivity index (χ1n) is 7.08. The third-order valence-electron chi connectivity index (χ3n) is 4.01. The molecule has 3 fully saturated rings. The highest BCUT2D eigenvalue weighted by Gasteiger charge is 2.34. The van der Waals surface area contributed by atoms with Crippen molar-refractivity contribution in [2.24, 2.45) is 0 Å². The lowest BCUT2D eigenvalue weighted by Gasteiger charge is -2.15. The lowest BCUT2D eigenvalue weighted by Crippen LogP contribution is -2.38. The van der Waals surface area contributed by atoms with Gasteiger partial charge < -0.3 is 10.6 Å². The number of hydrogen-bond donors (Lipinski definition) is 2. The second-order valence-corrected chi connectivity index (χ2v) is 5.76. The van der Waals surface area contributed by atoms with Gasteiger partial charge in [-0.1, -0.05) is 0 Å². The Kier molecular flexibility index (Phi) is 3.34. The van der Waals surface area contributed by atoms with E-state index >= 15 is 0 Å². The number of rotatable bonds is 6. The molecule has 2 aliphatic carbocycles. The van der Waals surface area contributed by atoms with Gasteiger partial charge in [-0.15, -0.1) is 0 Å². The third kappa shape index (κ3) is 3.42. The molecule has 4 nitrogen and oxygen atoms in total. The Bertz CT molecular complexity index is 286. The van der Waals surface area contributed by atoms with E-state index in [0.29, 0.717) is 18.5 Å². The van der Waals surface area contributed by atoms with Gasteiger partial charge >= 0.3 is 0 Å². The van der Waals surface area contributed by atoms with Crippen LogP contribution in [0.25, 0.3) is 0 Å². The summed E-state index contributed by atoms with van der Waals surface area (Å²) in [4.78, 5) is 14.3. The Balaban J connectivity index is 1.30. The largest absolute Gasteiger partial charge is 0.352 e. The summed E-state index contributed by atoms with van der Waals surface area (Å²) in [5.41, 5.74) is 0. The van der Waals surface area contributed by atoms with Crippen LogP contribution >= 0.6 is 0 Å². The van der Waals surface area contributed by atoms with Gasteiger partial charge in [0.15, 0.2) is 0 Å². The van der Waals surface area contributed by atoms with Crippen LogP contribution in [0.5, 0.6) is 0 Å². The summed E-state index contributed by atoms with van der Waals surface area (Å²) in [7, 11) is 0. The number of nitrogens with one attached hydrogen (secondary N) is 2. The van der Waals surface area contributed by atoms with Crippen molar-refractivity contribution in [3.8, 4) is 0 Å². The van der Waals surface area contributed by atoms with Gasteiger partial charge in [0, 0.05) is 44.2 Å². The highest BCUT2D eigenvalue weighted by Crippen LogP contribution is 2.29. The van der Waals surface area contributed by atoms with E-state index < -0.39 is 0 Å². The zero-order valence-electron chi connectivity index (χ0n) is 10.5. The molecule has 2 saturated carbocycles. The lowest BCUT2D eigenvalue weighted by molar-refractivity contribution is -0.121. The van der Waals surface area contributed by atoms with Crippen LogP contribution < -0.4 is 10.6 Å². The molecule has 17 heavy (non-hydrogen) atoms. The van der Waals surface area contributed by atoms with E-state index in [1.165, 1.54) is 32.2 Å². The summed E-state index contributed by atoms with van der Waals surface area (Å²) in [6.07, 6.45) is 7.09. The number of carbonyl (C=O) groups is 1. The van der Waals surface area contributed by atoms with Crippen LogP contribution in [0.2, 0.25) is 0 Å². The minimum absolute atomic E-state index is 0.223. The SMILES string of the molecule is O=C(CCNC1CC1)NC1CCN(C2CC2)C1. The first kappa shape index (κ1) is 11.5. The summed E-state index contributed by atoms with van der Waals surface area (Å²) in [6, 6.07) is 1.96. The molecular formula is C13H23N3O. The Hall–Kier alpha value is -0.610. The van der Waals surface area contributed by atoms with Gasteiger partial charge in [0.05, 0.1) is 0 Å². The van der Waals surface area contributed by atoms with Crippen molar-refractivity contribution in [2.45, 2.75) is 56.7 Å². The van der Waals surface area contributed by atoms with Crippen molar-refractivity contribution in [1.82, 2.24) is 15.5 Å². The van der Waals surface area contributed by atoms with E-state index in [2.05, 4.69) is 15.5 Å². The zero-order chi connectivity index (χ0) is 11.7. The van der Waals surface area contributed by atoms with E-state index in [0.717, 1.165) is 25.6 Å². The van der Waals surface area contributed by atoms with Crippen LogP contribution in [0.15, 0.2) is 0 Å². The second kappa shape index (κ2) is 4.94. The maximum atomic E-state index is 11.7. The standard InChI is InChI=1S/C13H23N3O/c17-13(5-7-14-10-1-2-10)15-11-6-8-16(9-11)12-3-4-12/h10-12,14H,1-9H2,(H,15,17). The summed E-state index contributed by atoms with van der Waals surface area (Å²) >= 11 is 0. The fraction of sp³-hybridized carbons (Fsp3) is 0.923. The molecule has 3 aliphatic rings. The van der Waals surface area contributed by atoms with Crippen molar-refractivity contribution in [3.05, 3.63) is 0 Å². The number of carbonyl (C=O) groups excluding carboxylic acids is 1. The average Bonchev–Trinajstić information content (AvgIpc) is 3.20. The highest BCUT2D eigenvalue weighted by molar-refractivity contribution is 5.76. The van der Waals surface area contributed by atoms with Gasteiger partial charge in [-0.05, 0) is 32.1 Å². The third-order valence-corrected chi connectivity index (χ3v) is 4.01. The molecule has 1 aliphatic heterocycles. The van der Waals surface area contributed by atoms with E-state index in [4.69, 9.17) is 0 Å². The van der Waals surface area contributed by atoms with E-state index in [-0.39, 0.29) is 5.91 Å². The van der Waals surface area contributed by atoms with Crippen molar-refractivity contribution < 1.29 is 4.79 Å². The Morgan fingerprint density at radius 1 is 1.12 bits per heavy atom. The molecule has 0 bridgehead atoms. The molecule has 0 radical (unpaired) electrons. The van der Waals surface area contributed by atoms with Crippen LogP contribution in [0.3, 0.4) is 0 Å². The molecule has 1 saturated heterocycles. The van der Waals surface area contributed by atoms with Crippen molar-refractivity contribution in [2.75, 3.05) is 19.6 Å². The minimum atomic E-state index is 0.223. The number of hydrogen-bond acceptors (Lipinski definition) is 3. The monoisotopic (exact) mass is 237 g/mol. The summed E-state index contributed by atoms with van der Waals surface area (Å²) in [6.45, 7) is 3.10. The molecule has 1 heterocycles. The summed E-state index contributed by atoms with van der Waals surface area (Å²) < 4.78 is 0. The fourth-order valence-electron chi connectivity index (χ4n) is 2.65. The quantitative estimate of drug-likeness (QED) is 0.706. The first-order chi connectivity index (χ1) is 8.31. The van der Waals surface area contributed by atoms with Crippen LogP contribution in [-0.4, -0.2) is 48.6 Å². The first-order valence-corrected chi connectivity index (χ1v) is 7.08. The molecule has 96 valence electrons. The van der Waals surface area contributed by atoms with E-state index in [9.17, 15) is 4.79 Å². The van der Waals surface area contributed by atoms with Crippen molar-refractivity contribution >= 4 is 5.91 Å². The molecule has 0 aromatic rings. The molecule has 1 unspecified atom stereocenters. The van der Waals surface area contributed by atoms with Gasteiger partial charge in [0.25, 0.3) is 0 Å². The topological polar surface area (TPSA) is 44.4 Å². The number of nitrogens with zero attached hydrogens (tertiary/aromatic N) is 1. The molecule has 0 aromatic carbocycles. The molecule has 1 amide bonds. The van der Waals surface area contributed by atoms with Crippen molar-refractivity contribution in [3.63, 3.8) is 0 Å². The second-order valence-electron chi connectivity index (χ2n) is 5.76. The molecule has 4 heteroatoms. The zero-order valence-corrected chi connectivity index (χ0v) is 10.5. The Labute approximate surface area is 103 Å². The maximum absolute atomic E-state index is 11.7. The summed E-state index contributed by atoms with van der Waals surface area (Å²) in [5.74, 6) is 0.223. The van der Waals surface area contributed by atoms with Gasteiger partial charge in [-0.2, -0.15) is 0 Å². The Morgan fingerprint density at radius 3 is 2.65 bits per heavy atom. The average molecular weight is 237 g/mol. The number of likely N-dealkylation sites (tertiary alicyclic amines) is 1. The normalized spacial score (nSPS) is 29.5. The maximum Gasteiger partial charge on any atom is 0.221 e. The van der Waals surface area contributed by atoms with Gasteiger partial charge in [-0.3, -0.25) is 9.69 Å². The Morgan fingerprint density at radius 2 is 1.94 bits per heavy atom. The summed E-state index contributed by atoms with van der Waals surface area (Å²) in [5, 5.41) is 6.54. The molecule has 2 N–H and O–H groups in total. The molecule has 1 atom stereocenters.